The fraction of sp³-hybridized carbons (Fsp3) is 0.364. The van der Waals surface area contributed by atoms with Crippen LogP contribution < -0.4 is 0 Å². The van der Waals surface area contributed by atoms with E-state index in [1.807, 2.05) is 18.2 Å². The molecule has 1 aromatic rings. The van der Waals surface area contributed by atoms with E-state index in [1.54, 1.807) is 19.2 Å². The Hall–Kier alpha value is -1.69. The van der Waals surface area contributed by atoms with E-state index in [1.165, 1.54) is 6.92 Å². The summed E-state index contributed by atoms with van der Waals surface area (Å²) in [7, 11) is 0. The van der Waals surface area contributed by atoms with Crippen LogP contribution in [0, 0.1) is 16.7 Å². The van der Waals surface area contributed by atoms with Gasteiger partial charge in [0.2, 0.25) is 0 Å². The SMILES string of the molecule is CC(=O)C(C)(C#N)Cc1ccccn1. The standard InChI is InChI=1S/C11H12N2O/c1-9(14)11(2,8-12)7-10-5-3-4-6-13-10/h3-6H,7H2,1-2H3. The Bertz CT molecular complexity index is 367. The highest BCUT2D eigenvalue weighted by molar-refractivity contribution is 5.84. The van der Waals surface area contributed by atoms with Gasteiger partial charge in [0.1, 0.15) is 11.2 Å². The molecule has 1 heterocycles. The molecule has 0 N–H and O–H groups in total. The van der Waals surface area contributed by atoms with Gasteiger partial charge in [0.25, 0.3) is 0 Å². The third kappa shape index (κ3) is 2.17. The van der Waals surface area contributed by atoms with Crippen LogP contribution >= 0.6 is 0 Å². The van der Waals surface area contributed by atoms with E-state index in [9.17, 15) is 4.79 Å². The summed E-state index contributed by atoms with van der Waals surface area (Å²) in [6.45, 7) is 3.08. The highest BCUT2D eigenvalue weighted by Crippen LogP contribution is 2.21. The Kier molecular flexibility index (Phi) is 2.98. The lowest BCUT2D eigenvalue weighted by Crippen LogP contribution is -2.26. The fourth-order valence-electron chi connectivity index (χ4n) is 1.11. The minimum absolute atomic E-state index is 0.120. The van der Waals surface area contributed by atoms with Gasteiger partial charge in [-0.1, -0.05) is 6.07 Å². The van der Waals surface area contributed by atoms with Gasteiger partial charge in [-0.15, -0.1) is 0 Å². The first-order chi connectivity index (χ1) is 6.58. The maximum atomic E-state index is 11.3. The van der Waals surface area contributed by atoms with Crippen molar-refractivity contribution in [3.05, 3.63) is 30.1 Å². The Labute approximate surface area is 83.4 Å². The Morgan fingerprint density at radius 2 is 2.36 bits per heavy atom. The number of carbonyl (C=O) groups excluding carboxylic acids is 1. The summed E-state index contributed by atoms with van der Waals surface area (Å²) in [4.78, 5) is 15.3. The molecule has 0 aromatic carbocycles. The van der Waals surface area contributed by atoms with Crippen LogP contribution in [0.15, 0.2) is 24.4 Å². The number of nitrogens with zero attached hydrogens (tertiary/aromatic N) is 2. The molecule has 0 radical (unpaired) electrons. The highest BCUT2D eigenvalue weighted by Gasteiger charge is 2.30. The van der Waals surface area contributed by atoms with Crippen molar-refractivity contribution in [1.82, 2.24) is 4.98 Å². The first kappa shape index (κ1) is 10.4. The van der Waals surface area contributed by atoms with Crippen molar-refractivity contribution in [2.75, 3.05) is 0 Å². The summed E-state index contributed by atoms with van der Waals surface area (Å²) in [5.74, 6) is -0.120. The molecule has 0 spiro atoms. The minimum atomic E-state index is -0.950. The van der Waals surface area contributed by atoms with Crippen molar-refractivity contribution < 1.29 is 4.79 Å². The number of Topliss-reactive ketones (excluding diaryl/α,β-unsaturated/α-hetero) is 1. The average Bonchev–Trinajstić information content (AvgIpc) is 2.19. The van der Waals surface area contributed by atoms with Gasteiger partial charge in [-0.05, 0) is 26.0 Å². The average molecular weight is 188 g/mol. The summed E-state index contributed by atoms with van der Waals surface area (Å²) >= 11 is 0. The zero-order valence-corrected chi connectivity index (χ0v) is 8.32. The zero-order valence-electron chi connectivity index (χ0n) is 8.32. The molecule has 0 amide bonds. The van der Waals surface area contributed by atoms with E-state index in [0.717, 1.165) is 5.69 Å². The molecular formula is C11H12N2O. The first-order valence-corrected chi connectivity index (χ1v) is 4.41. The van der Waals surface area contributed by atoms with Gasteiger partial charge >= 0.3 is 0 Å². The van der Waals surface area contributed by atoms with Gasteiger partial charge in [0.05, 0.1) is 6.07 Å². The number of pyridine rings is 1. The normalized spacial score (nSPS) is 14.1. The summed E-state index contributed by atoms with van der Waals surface area (Å²) in [6.07, 6.45) is 2.03. The third-order valence-corrected chi connectivity index (χ3v) is 2.28. The van der Waals surface area contributed by atoms with E-state index in [2.05, 4.69) is 4.98 Å². The topological polar surface area (TPSA) is 53.8 Å². The number of hydrogen-bond donors (Lipinski definition) is 0. The molecular weight excluding hydrogens is 176 g/mol. The largest absolute Gasteiger partial charge is 0.298 e. The number of ketones is 1. The van der Waals surface area contributed by atoms with Crippen LogP contribution in [-0.4, -0.2) is 10.8 Å². The summed E-state index contributed by atoms with van der Waals surface area (Å²) < 4.78 is 0. The second-order valence-electron chi connectivity index (χ2n) is 3.50. The quantitative estimate of drug-likeness (QED) is 0.726. The van der Waals surface area contributed by atoms with Crippen molar-refractivity contribution in [2.45, 2.75) is 20.3 Å². The molecule has 14 heavy (non-hydrogen) atoms. The molecule has 0 aliphatic rings. The summed E-state index contributed by atoms with van der Waals surface area (Å²) in [5.41, 5.74) is -0.180. The molecule has 72 valence electrons. The molecule has 0 bridgehead atoms. The second kappa shape index (κ2) is 4.01. The predicted octanol–water partition coefficient (Wildman–Crippen LogP) is 1.74. The highest BCUT2D eigenvalue weighted by atomic mass is 16.1. The van der Waals surface area contributed by atoms with E-state index in [0.29, 0.717) is 6.42 Å². The number of hydrogen-bond acceptors (Lipinski definition) is 3. The van der Waals surface area contributed by atoms with Gasteiger partial charge in [0.15, 0.2) is 0 Å². The van der Waals surface area contributed by atoms with Crippen LogP contribution in [-0.2, 0) is 11.2 Å². The lowest BCUT2D eigenvalue weighted by molar-refractivity contribution is -0.123. The monoisotopic (exact) mass is 188 g/mol. The number of aromatic nitrogens is 1. The van der Waals surface area contributed by atoms with Crippen molar-refractivity contribution in [3.8, 4) is 6.07 Å². The van der Waals surface area contributed by atoms with Gasteiger partial charge in [-0.25, -0.2) is 0 Å². The van der Waals surface area contributed by atoms with Gasteiger partial charge in [-0.3, -0.25) is 9.78 Å². The van der Waals surface area contributed by atoms with Crippen LogP contribution in [0.25, 0.3) is 0 Å². The predicted molar refractivity (Wildman–Crippen MR) is 52.3 cm³/mol. The lowest BCUT2D eigenvalue weighted by atomic mass is 9.83. The summed E-state index contributed by atoms with van der Waals surface area (Å²) in [6, 6.07) is 7.51. The molecule has 3 heteroatoms. The van der Waals surface area contributed by atoms with Crippen molar-refractivity contribution >= 4 is 5.78 Å². The van der Waals surface area contributed by atoms with Crippen LogP contribution in [0.3, 0.4) is 0 Å². The Balaban J connectivity index is 2.88. The van der Waals surface area contributed by atoms with Gasteiger partial charge in [-0.2, -0.15) is 5.26 Å². The maximum absolute atomic E-state index is 11.3. The molecule has 1 rings (SSSR count). The Morgan fingerprint density at radius 1 is 1.64 bits per heavy atom. The molecule has 1 atom stereocenters. The van der Waals surface area contributed by atoms with E-state index in [-0.39, 0.29) is 5.78 Å². The van der Waals surface area contributed by atoms with Crippen LogP contribution in [0.5, 0.6) is 0 Å². The number of rotatable bonds is 3. The summed E-state index contributed by atoms with van der Waals surface area (Å²) in [5, 5.41) is 8.92. The van der Waals surface area contributed by atoms with Crippen LogP contribution in [0.2, 0.25) is 0 Å². The van der Waals surface area contributed by atoms with E-state index < -0.39 is 5.41 Å². The third-order valence-electron chi connectivity index (χ3n) is 2.28. The van der Waals surface area contributed by atoms with Crippen molar-refractivity contribution in [2.24, 2.45) is 5.41 Å². The van der Waals surface area contributed by atoms with E-state index >= 15 is 0 Å². The fourth-order valence-corrected chi connectivity index (χ4v) is 1.11. The van der Waals surface area contributed by atoms with Crippen molar-refractivity contribution in [1.29, 1.82) is 5.26 Å². The second-order valence-corrected chi connectivity index (χ2v) is 3.50. The number of carbonyl (C=O) groups is 1. The van der Waals surface area contributed by atoms with Crippen LogP contribution in [0.1, 0.15) is 19.5 Å². The molecule has 0 fully saturated rings. The molecule has 0 saturated heterocycles. The van der Waals surface area contributed by atoms with Gasteiger partial charge < -0.3 is 0 Å². The molecule has 0 saturated carbocycles. The molecule has 0 aliphatic heterocycles. The first-order valence-electron chi connectivity index (χ1n) is 4.41. The van der Waals surface area contributed by atoms with E-state index in [4.69, 9.17) is 5.26 Å². The molecule has 1 aromatic heterocycles. The minimum Gasteiger partial charge on any atom is -0.298 e. The molecule has 3 nitrogen and oxygen atoms in total. The zero-order chi connectivity index (χ0) is 10.6. The van der Waals surface area contributed by atoms with Crippen molar-refractivity contribution in [3.63, 3.8) is 0 Å². The van der Waals surface area contributed by atoms with Gasteiger partial charge in [0, 0.05) is 18.3 Å². The molecule has 0 aliphatic carbocycles. The Morgan fingerprint density at radius 3 is 2.79 bits per heavy atom. The smallest absolute Gasteiger partial charge is 0.150 e. The maximum Gasteiger partial charge on any atom is 0.150 e. The number of nitriles is 1. The van der Waals surface area contributed by atoms with Crippen LogP contribution in [0.4, 0.5) is 0 Å². The molecule has 1 unspecified atom stereocenters. The lowest BCUT2D eigenvalue weighted by Gasteiger charge is -2.16.